The van der Waals surface area contributed by atoms with E-state index in [1.807, 2.05) is 42.5 Å². The summed E-state index contributed by atoms with van der Waals surface area (Å²) in [5, 5.41) is 11.7. The Labute approximate surface area is 145 Å². The van der Waals surface area contributed by atoms with Crippen LogP contribution in [-0.4, -0.2) is 28.6 Å². The first-order valence-electron chi connectivity index (χ1n) is 8.34. The van der Waals surface area contributed by atoms with Crippen molar-refractivity contribution >= 4 is 16.7 Å². The molecule has 4 heteroatoms. The number of halogens is 1. The van der Waals surface area contributed by atoms with E-state index in [0.717, 1.165) is 21.9 Å². The number of hydrogen-bond acceptors (Lipinski definition) is 2. The highest BCUT2D eigenvalue weighted by atomic mass is 19.1. The first-order valence-corrected chi connectivity index (χ1v) is 8.34. The van der Waals surface area contributed by atoms with Gasteiger partial charge in [0.15, 0.2) is 0 Å². The minimum absolute atomic E-state index is 0.106. The molecule has 0 aliphatic carbocycles. The van der Waals surface area contributed by atoms with E-state index in [2.05, 4.69) is 0 Å². The van der Waals surface area contributed by atoms with E-state index in [0.29, 0.717) is 18.5 Å². The number of rotatable bonds is 2. The summed E-state index contributed by atoms with van der Waals surface area (Å²) in [7, 11) is 0. The fourth-order valence-electron chi connectivity index (χ4n) is 3.58. The van der Waals surface area contributed by atoms with Crippen molar-refractivity contribution in [2.75, 3.05) is 6.61 Å². The van der Waals surface area contributed by atoms with E-state index in [1.165, 1.54) is 12.1 Å². The highest BCUT2D eigenvalue weighted by Crippen LogP contribution is 2.27. The standard InChI is InChI=1S/C21H18FNO2/c22-17-9-8-15-12-23(18(13-24)11-16(15)10-17)21(25)20-7-3-5-14-4-1-2-6-19(14)20/h1-10,18,24H,11-13H2. The van der Waals surface area contributed by atoms with Crippen LogP contribution in [0.3, 0.4) is 0 Å². The van der Waals surface area contributed by atoms with Gasteiger partial charge >= 0.3 is 0 Å². The van der Waals surface area contributed by atoms with Crippen LogP contribution in [0, 0.1) is 5.82 Å². The van der Waals surface area contributed by atoms with Gasteiger partial charge in [0.25, 0.3) is 5.91 Å². The number of amides is 1. The Balaban J connectivity index is 1.74. The van der Waals surface area contributed by atoms with E-state index in [-0.39, 0.29) is 24.4 Å². The van der Waals surface area contributed by atoms with Crippen LogP contribution in [0.25, 0.3) is 10.8 Å². The molecule has 126 valence electrons. The zero-order valence-electron chi connectivity index (χ0n) is 13.7. The number of aliphatic hydroxyl groups excluding tert-OH is 1. The second-order valence-electron chi connectivity index (χ2n) is 6.41. The summed E-state index contributed by atoms with van der Waals surface area (Å²) in [6.07, 6.45) is 0.458. The van der Waals surface area contributed by atoms with E-state index in [4.69, 9.17) is 0 Å². The lowest BCUT2D eigenvalue weighted by atomic mass is 9.93. The number of nitrogens with zero attached hydrogens (tertiary/aromatic N) is 1. The monoisotopic (exact) mass is 335 g/mol. The topological polar surface area (TPSA) is 40.5 Å². The van der Waals surface area contributed by atoms with Gasteiger partial charge in [-0.2, -0.15) is 0 Å². The molecule has 1 aliphatic heterocycles. The van der Waals surface area contributed by atoms with Crippen LogP contribution < -0.4 is 0 Å². The molecule has 1 unspecified atom stereocenters. The Hall–Kier alpha value is -2.72. The predicted molar refractivity (Wildman–Crippen MR) is 94.8 cm³/mol. The van der Waals surface area contributed by atoms with Gasteiger partial charge in [0, 0.05) is 12.1 Å². The highest BCUT2D eigenvalue weighted by Gasteiger charge is 2.30. The Morgan fingerprint density at radius 2 is 1.88 bits per heavy atom. The van der Waals surface area contributed by atoms with Gasteiger partial charge in [-0.05, 0) is 46.5 Å². The molecule has 1 atom stereocenters. The number of benzene rings is 3. The molecule has 1 aliphatic rings. The van der Waals surface area contributed by atoms with Gasteiger partial charge in [-0.3, -0.25) is 4.79 Å². The molecule has 3 aromatic carbocycles. The zero-order chi connectivity index (χ0) is 17.4. The third-order valence-electron chi connectivity index (χ3n) is 4.90. The maximum Gasteiger partial charge on any atom is 0.255 e. The average Bonchev–Trinajstić information content (AvgIpc) is 2.65. The fourth-order valence-corrected chi connectivity index (χ4v) is 3.58. The smallest absolute Gasteiger partial charge is 0.255 e. The Morgan fingerprint density at radius 1 is 1.08 bits per heavy atom. The van der Waals surface area contributed by atoms with E-state index in [1.54, 1.807) is 11.0 Å². The molecular formula is C21H18FNO2. The first kappa shape index (κ1) is 15.8. The molecule has 25 heavy (non-hydrogen) atoms. The maximum atomic E-state index is 13.5. The van der Waals surface area contributed by atoms with Crippen LogP contribution in [-0.2, 0) is 13.0 Å². The molecule has 0 saturated carbocycles. The molecule has 3 nitrogen and oxygen atoms in total. The lowest BCUT2D eigenvalue weighted by molar-refractivity contribution is 0.0546. The third kappa shape index (κ3) is 2.79. The van der Waals surface area contributed by atoms with Gasteiger partial charge in [0.2, 0.25) is 0 Å². The van der Waals surface area contributed by atoms with Gasteiger partial charge in [0.1, 0.15) is 5.82 Å². The van der Waals surface area contributed by atoms with E-state index >= 15 is 0 Å². The molecule has 0 fully saturated rings. The van der Waals surface area contributed by atoms with Crippen molar-refractivity contribution in [1.29, 1.82) is 0 Å². The second kappa shape index (κ2) is 6.30. The van der Waals surface area contributed by atoms with Crippen molar-refractivity contribution in [2.45, 2.75) is 19.0 Å². The normalized spacial score (nSPS) is 16.7. The van der Waals surface area contributed by atoms with Gasteiger partial charge in [-0.15, -0.1) is 0 Å². The average molecular weight is 335 g/mol. The minimum atomic E-state index is -0.347. The summed E-state index contributed by atoms with van der Waals surface area (Å²) in [4.78, 5) is 14.9. The molecule has 4 rings (SSSR count). The summed E-state index contributed by atoms with van der Waals surface area (Å²) < 4.78 is 13.5. The summed E-state index contributed by atoms with van der Waals surface area (Å²) in [6.45, 7) is 0.232. The highest BCUT2D eigenvalue weighted by molar-refractivity contribution is 6.07. The molecular weight excluding hydrogens is 317 g/mol. The number of hydrogen-bond donors (Lipinski definition) is 1. The number of fused-ring (bicyclic) bond motifs is 2. The molecule has 0 aromatic heterocycles. The van der Waals surface area contributed by atoms with Gasteiger partial charge in [0.05, 0.1) is 12.6 Å². The van der Waals surface area contributed by atoms with E-state index < -0.39 is 0 Å². The number of carbonyl (C=O) groups is 1. The second-order valence-corrected chi connectivity index (χ2v) is 6.41. The van der Waals surface area contributed by atoms with Crippen LogP contribution in [0.4, 0.5) is 4.39 Å². The molecule has 0 radical (unpaired) electrons. The first-order chi connectivity index (χ1) is 12.2. The van der Waals surface area contributed by atoms with Gasteiger partial charge in [-0.25, -0.2) is 4.39 Å². The Bertz CT molecular complexity index is 948. The lowest BCUT2D eigenvalue weighted by Gasteiger charge is -2.36. The molecule has 0 bridgehead atoms. The van der Waals surface area contributed by atoms with Crippen molar-refractivity contribution in [3.8, 4) is 0 Å². The molecule has 0 spiro atoms. The SMILES string of the molecule is O=C(c1cccc2ccccc12)N1Cc2ccc(F)cc2CC1CO. The fraction of sp³-hybridized carbons (Fsp3) is 0.190. The summed E-state index contributed by atoms with van der Waals surface area (Å²) in [5.41, 5.74) is 2.42. The molecule has 1 amide bonds. The number of aliphatic hydroxyl groups is 1. The largest absolute Gasteiger partial charge is 0.394 e. The summed E-state index contributed by atoms with van der Waals surface area (Å²) in [5.74, 6) is -0.393. The molecule has 1 N–H and O–H groups in total. The van der Waals surface area contributed by atoms with Gasteiger partial charge in [-0.1, -0.05) is 42.5 Å². The third-order valence-corrected chi connectivity index (χ3v) is 4.90. The van der Waals surface area contributed by atoms with Crippen LogP contribution in [0.2, 0.25) is 0 Å². The summed E-state index contributed by atoms with van der Waals surface area (Å²) in [6, 6.07) is 17.7. The van der Waals surface area contributed by atoms with E-state index in [9.17, 15) is 14.3 Å². The number of carbonyl (C=O) groups excluding carboxylic acids is 1. The Kier molecular flexibility index (Phi) is 3.98. The minimum Gasteiger partial charge on any atom is -0.394 e. The summed E-state index contributed by atoms with van der Waals surface area (Å²) >= 11 is 0. The van der Waals surface area contributed by atoms with Crippen LogP contribution in [0.15, 0.2) is 60.7 Å². The quantitative estimate of drug-likeness (QED) is 0.778. The van der Waals surface area contributed by atoms with Crippen molar-refractivity contribution in [3.63, 3.8) is 0 Å². The van der Waals surface area contributed by atoms with Crippen molar-refractivity contribution in [3.05, 3.63) is 83.2 Å². The molecule has 1 heterocycles. The van der Waals surface area contributed by atoms with Gasteiger partial charge < -0.3 is 10.0 Å². The lowest BCUT2D eigenvalue weighted by Crippen LogP contribution is -2.46. The van der Waals surface area contributed by atoms with Crippen molar-refractivity contribution < 1.29 is 14.3 Å². The zero-order valence-corrected chi connectivity index (χ0v) is 13.7. The predicted octanol–water partition coefficient (Wildman–Crippen LogP) is 3.54. The van der Waals surface area contributed by atoms with Crippen molar-refractivity contribution in [2.24, 2.45) is 0 Å². The maximum absolute atomic E-state index is 13.5. The van der Waals surface area contributed by atoms with Crippen LogP contribution >= 0.6 is 0 Å². The van der Waals surface area contributed by atoms with Crippen molar-refractivity contribution in [1.82, 2.24) is 4.90 Å². The van der Waals surface area contributed by atoms with Crippen LogP contribution in [0.1, 0.15) is 21.5 Å². The molecule has 0 saturated heterocycles. The Morgan fingerprint density at radius 3 is 2.72 bits per heavy atom. The van der Waals surface area contributed by atoms with Crippen LogP contribution in [0.5, 0.6) is 0 Å². The molecule has 3 aromatic rings.